The fourth-order valence-electron chi connectivity index (χ4n) is 1.32. The van der Waals surface area contributed by atoms with Crippen molar-refractivity contribution in [3.05, 3.63) is 42.4 Å². The molecule has 0 spiro atoms. The smallest absolute Gasteiger partial charge is 0.356 e. The van der Waals surface area contributed by atoms with Crippen molar-refractivity contribution in [2.45, 2.75) is 0 Å². The topological polar surface area (TPSA) is 89.1 Å². The third-order valence-electron chi connectivity index (χ3n) is 2.09. The molecule has 0 aromatic carbocycles. The molecule has 5 heteroatoms. The summed E-state index contributed by atoms with van der Waals surface area (Å²) in [5.74, 6) is -1.14. The molecule has 0 radical (unpaired) electrons. The van der Waals surface area contributed by atoms with Crippen LogP contribution in [-0.2, 0) is 0 Å². The van der Waals surface area contributed by atoms with Gasteiger partial charge in [-0.15, -0.1) is 0 Å². The molecule has 0 aliphatic heterocycles. The minimum absolute atomic E-state index is 0.138. The van der Waals surface area contributed by atoms with Crippen LogP contribution in [0.15, 0.2) is 36.7 Å². The summed E-state index contributed by atoms with van der Waals surface area (Å²) in [6, 6.07) is 6.75. The van der Waals surface area contributed by atoms with E-state index in [0.717, 1.165) is 5.56 Å². The lowest BCUT2D eigenvalue weighted by atomic mass is 10.1. The minimum atomic E-state index is -1.14. The predicted molar refractivity (Wildman–Crippen MR) is 58.8 cm³/mol. The molecule has 0 saturated carbocycles. The van der Waals surface area contributed by atoms with Crippen molar-refractivity contribution in [3.8, 4) is 11.3 Å². The first-order valence-corrected chi connectivity index (χ1v) is 4.58. The highest BCUT2D eigenvalue weighted by Crippen LogP contribution is 2.19. The second-order valence-electron chi connectivity index (χ2n) is 3.18. The van der Waals surface area contributed by atoms with Gasteiger partial charge in [0.05, 0.1) is 11.4 Å². The summed E-state index contributed by atoms with van der Waals surface area (Å²) in [7, 11) is 0. The third kappa shape index (κ3) is 1.83. The average Bonchev–Trinajstić information content (AvgIpc) is 2.30. The summed E-state index contributed by atoms with van der Waals surface area (Å²) < 4.78 is 0. The number of carbonyl (C=O) groups is 1. The second-order valence-corrected chi connectivity index (χ2v) is 3.18. The van der Waals surface area contributed by atoms with Crippen molar-refractivity contribution in [1.82, 2.24) is 9.97 Å². The third-order valence-corrected chi connectivity index (χ3v) is 2.09. The van der Waals surface area contributed by atoms with Gasteiger partial charge in [0, 0.05) is 18.0 Å². The number of pyridine rings is 2. The number of nitrogens with zero attached hydrogens (tertiary/aromatic N) is 2. The van der Waals surface area contributed by atoms with Gasteiger partial charge >= 0.3 is 5.97 Å². The number of nitrogens with two attached hydrogens (primary N) is 1. The zero-order valence-corrected chi connectivity index (χ0v) is 8.29. The van der Waals surface area contributed by atoms with Crippen LogP contribution in [-0.4, -0.2) is 21.0 Å². The van der Waals surface area contributed by atoms with Gasteiger partial charge in [-0.1, -0.05) is 0 Å². The molecule has 0 aliphatic carbocycles. The lowest BCUT2D eigenvalue weighted by Gasteiger charge is -2.03. The van der Waals surface area contributed by atoms with E-state index in [-0.39, 0.29) is 11.4 Å². The van der Waals surface area contributed by atoms with E-state index in [0.29, 0.717) is 5.69 Å². The lowest BCUT2D eigenvalue weighted by molar-refractivity contribution is 0.0692. The van der Waals surface area contributed by atoms with Crippen LogP contribution in [0.25, 0.3) is 11.3 Å². The monoisotopic (exact) mass is 215 g/mol. The Morgan fingerprint density at radius 1 is 1.31 bits per heavy atom. The van der Waals surface area contributed by atoms with Gasteiger partial charge < -0.3 is 10.8 Å². The Labute approximate surface area is 91.6 Å². The van der Waals surface area contributed by atoms with Gasteiger partial charge in [0.15, 0.2) is 5.69 Å². The van der Waals surface area contributed by atoms with Crippen LogP contribution in [0, 0.1) is 0 Å². The van der Waals surface area contributed by atoms with Crippen molar-refractivity contribution >= 4 is 11.7 Å². The first-order chi connectivity index (χ1) is 7.68. The number of nitrogen functional groups attached to an aromatic ring is 1. The van der Waals surface area contributed by atoms with Crippen molar-refractivity contribution in [2.75, 3.05) is 5.73 Å². The Morgan fingerprint density at radius 2 is 2.12 bits per heavy atom. The standard InChI is InChI=1S/C11H9N3O2/c12-8-3-4-9(14-10(8)11(15)16)7-2-1-5-13-6-7/h1-6H,12H2,(H,15,16). The molecule has 5 nitrogen and oxygen atoms in total. The van der Waals surface area contributed by atoms with E-state index < -0.39 is 5.97 Å². The largest absolute Gasteiger partial charge is 0.476 e. The molecule has 3 N–H and O–H groups in total. The molecule has 0 unspecified atom stereocenters. The first-order valence-electron chi connectivity index (χ1n) is 4.58. The van der Waals surface area contributed by atoms with Gasteiger partial charge in [-0.05, 0) is 24.3 Å². The zero-order chi connectivity index (χ0) is 11.5. The number of aromatic carboxylic acids is 1. The Morgan fingerprint density at radius 3 is 2.75 bits per heavy atom. The van der Waals surface area contributed by atoms with E-state index in [4.69, 9.17) is 10.8 Å². The van der Waals surface area contributed by atoms with Gasteiger partial charge in [-0.3, -0.25) is 4.98 Å². The quantitative estimate of drug-likeness (QED) is 0.790. The Kier molecular flexibility index (Phi) is 2.51. The van der Waals surface area contributed by atoms with E-state index in [9.17, 15) is 4.79 Å². The van der Waals surface area contributed by atoms with Crippen LogP contribution in [0.3, 0.4) is 0 Å². The Bertz CT molecular complexity index is 526. The van der Waals surface area contributed by atoms with Crippen molar-refractivity contribution in [2.24, 2.45) is 0 Å². The lowest BCUT2D eigenvalue weighted by Crippen LogP contribution is -2.06. The molecule has 0 bridgehead atoms. The fourth-order valence-corrected chi connectivity index (χ4v) is 1.32. The van der Waals surface area contributed by atoms with Crippen LogP contribution < -0.4 is 5.73 Å². The van der Waals surface area contributed by atoms with Crippen LogP contribution in [0.2, 0.25) is 0 Å². The summed E-state index contributed by atoms with van der Waals surface area (Å²) in [4.78, 5) is 18.8. The normalized spacial score (nSPS) is 10.0. The number of hydrogen-bond donors (Lipinski definition) is 2. The highest BCUT2D eigenvalue weighted by Gasteiger charge is 2.11. The van der Waals surface area contributed by atoms with Crippen molar-refractivity contribution < 1.29 is 9.90 Å². The van der Waals surface area contributed by atoms with E-state index in [1.54, 1.807) is 30.6 Å². The number of carboxylic acid groups (broad SMARTS) is 1. The van der Waals surface area contributed by atoms with Crippen LogP contribution >= 0.6 is 0 Å². The number of rotatable bonds is 2. The number of anilines is 1. The van der Waals surface area contributed by atoms with E-state index in [1.165, 1.54) is 6.07 Å². The Hall–Kier alpha value is -2.43. The molecule has 2 aromatic rings. The average molecular weight is 215 g/mol. The molecule has 0 aliphatic rings. The molecular weight excluding hydrogens is 206 g/mol. The highest BCUT2D eigenvalue weighted by molar-refractivity contribution is 5.92. The fraction of sp³-hybridized carbons (Fsp3) is 0. The summed E-state index contributed by atoms with van der Waals surface area (Å²) in [5, 5.41) is 8.88. The maximum Gasteiger partial charge on any atom is 0.356 e. The molecule has 2 aromatic heterocycles. The number of aromatic nitrogens is 2. The van der Waals surface area contributed by atoms with E-state index in [2.05, 4.69) is 9.97 Å². The number of hydrogen-bond acceptors (Lipinski definition) is 4. The van der Waals surface area contributed by atoms with Gasteiger partial charge in [0.2, 0.25) is 0 Å². The van der Waals surface area contributed by atoms with Gasteiger partial charge in [0.25, 0.3) is 0 Å². The van der Waals surface area contributed by atoms with Gasteiger partial charge in [0.1, 0.15) is 0 Å². The molecule has 2 heterocycles. The van der Waals surface area contributed by atoms with Crippen LogP contribution in [0.1, 0.15) is 10.5 Å². The van der Waals surface area contributed by atoms with Gasteiger partial charge in [-0.25, -0.2) is 9.78 Å². The summed E-state index contributed by atoms with van der Waals surface area (Å²) in [5.41, 5.74) is 6.82. The summed E-state index contributed by atoms with van der Waals surface area (Å²) in [6.45, 7) is 0. The van der Waals surface area contributed by atoms with E-state index >= 15 is 0 Å². The zero-order valence-electron chi connectivity index (χ0n) is 8.29. The van der Waals surface area contributed by atoms with Gasteiger partial charge in [-0.2, -0.15) is 0 Å². The molecule has 0 atom stereocenters. The highest BCUT2D eigenvalue weighted by atomic mass is 16.4. The molecule has 2 rings (SSSR count). The molecular formula is C11H9N3O2. The molecule has 16 heavy (non-hydrogen) atoms. The maximum atomic E-state index is 10.8. The summed E-state index contributed by atoms with van der Waals surface area (Å²) in [6.07, 6.45) is 3.25. The number of carboxylic acids is 1. The van der Waals surface area contributed by atoms with Crippen molar-refractivity contribution in [3.63, 3.8) is 0 Å². The van der Waals surface area contributed by atoms with Crippen LogP contribution in [0.5, 0.6) is 0 Å². The maximum absolute atomic E-state index is 10.8. The van der Waals surface area contributed by atoms with E-state index in [1.807, 2.05) is 0 Å². The second kappa shape index (κ2) is 3.98. The molecule has 0 saturated heterocycles. The van der Waals surface area contributed by atoms with Crippen LogP contribution in [0.4, 0.5) is 5.69 Å². The molecule has 0 fully saturated rings. The molecule has 0 amide bonds. The predicted octanol–water partition coefficient (Wildman–Crippen LogP) is 1.42. The SMILES string of the molecule is Nc1ccc(-c2cccnc2)nc1C(=O)O. The molecule has 80 valence electrons. The summed E-state index contributed by atoms with van der Waals surface area (Å²) >= 11 is 0. The Balaban J connectivity index is 2.52. The minimum Gasteiger partial charge on any atom is -0.476 e. The first kappa shape index (κ1) is 10.1. The van der Waals surface area contributed by atoms with Crippen molar-refractivity contribution in [1.29, 1.82) is 0 Å².